The van der Waals surface area contributed by atoms with E-state index in [1.807, 2.05) is 25.3 Å². The van der Waals surface area contributed by atoms with Crippen LogP contribution in [0.25, 0.3) is 17.0 Å². The molecule has 31 heavy (non-hydrogen) atoms. The van der Waals surface area contributed by atoms with Crippen LogP contribution in [0, 0.1) is 0 Å². The van der Waals surface area contributed by atoms with Gasteiger partial charge in [-0.2, -0.15) is 10.1 Å². The van der Waals surface area contributed by atoms with Crippen molar-refractivity contribution in [3.8, 4) is 5.95 Å². The van der Waals surface area contributed by atoms with E-state index in [9.17, 15) is 5.11 Å². The molecule has 5 heterocycles. The number of ether oxygens (including phenoxy) is 1. The Balaban J connectivity index is 1.41. The molecule has 9 nitrogen and oxygen atoms in total. The molecule has 3 aromatic rings. The summed E-state index contributed by atoms with van der Waals surface area (Å²) < 4.78 is 7.28. The molecule has 2 aliphatic rings. The first-order chi connectivity index (χ1) is 15.2. The fourth-order valence-electron chi connectivity index (χ4n) is 4.46. The van der Waals surface area contributed by atoms with E-state index in [-0.39, 0.29) is 6.23 Å². The lowest BCUT2D eigenvalue weighted by Crippen LogP contribution is -2.40. The Hall–Kier alpha value is -2.62. The summed E-state index contributed by atoms with van der Waals surface area (Å²) in [6, 6.07) is 5.94. The molecule has 2 saturated heterocycles. The molecule has 0 amide bonds. The number of aliphatic hydroxyl groups excluding tert-OH is 1. The third-order valence-corrected chi connectivity index (χ3v) is 6.28. The molecular weight excluding hydrogens is 394 g/mol. The second kappa shape index (κ2) is 8.86. The lowest BCUT2D eigenvalue weighted by Gasteiger charge is -2.34. The van der Waals surface area contributed by atoms with Crippen LogP contribution in [0.5, 0.6) is 0 Å². The molecule has 1 unspecified atom stereocenters. The molecule has 0 saturated carbocycles. The van der Waals surface area contributed by atoms with Crippen LogP contribution in [0.3, 0.4) is 0 Å². The number of hydrogen-bond donors (Lipinski definition) is 1. The van der Waals surface area contributed by atoms with E-state index >= 15 is 0 Å². The Labute approximate surface area is 181 Å². The van der Waals surface area contributed by atoms with Crippen molar-refractivity contribution in [1.29, 1.82) is 0 Å². The van der Waals surface area contributed by atoms with E-state index in [0.717, 1.165) is 68.0 Å². The Morgan fingerprint density at radius 1 is 1.13 bits per heavy atom. The van der Waals surface area contributed by atoms with Gasteiger partial charge in [0.1, 0.15) is 11.7 Å². The van der Waals surface area contributed by atoms with Gasteiger partial charge in [-0.25, -0.2) is 9.67 Å². The van der Waals surface area contributed by atoms with Gasteiger partial charge in [0.25, 0.3) is 5.95 Å². The van der Waals surface area contributed by atoms with Crippen LogP contribution in [0.4, 0.5) is 5.82 Å². The van der Waals surface area contributed by atoms with Crippen LogP contribution in [0.1, 0.15) is 37.8 Å². The normalized spacial score (nSPS) is 19.7. The van der Waals surface area contributed by atoms with E-state index < -0.39 is 0 Å². The maximum Gasteiger partial charge on any atom is 0.253 e. The predicted octanol–water partition coefficient (Wildman–Crippen LogP) is 1.95. The number of rotatable bonds is 5. The maximum atomic E-state index is 10.1. The third-order valence-electron chi connectivity index (χ3n) is 6.28. The van der Waals surface area contributed by atoms with Gasteiger partial charge in [0, 0.05) is 44.5 Å². The first-order valence-electron chi connectivity index (χ1n) is 11.2. The Bertz CT molecular complexity index is 1030. The van der Waals surface area contributed by atoms with Gasteiger partial charge in [-0.1, -0.05) is 6.92 Å². The standard InChI is InChI=1S/C22H29N7O2/c1-2-19(30)27-9-5-16(6-10-27)17-7-11-29(26-17)22-24-18-4-3-8-23-20(18)21(25-22)28-12-14-31-15-13-28/h3-4,7-8,11,16,19,30H,2,5-6,9-10,12-15H2,1H3. The Morgan fingerprint density at radius 3 is 2.71 bits per heavy atom. The summed E-state index contributed by atoms with van der Waals surface area (Å²) >= 11 is 0. The van der Waals surface area contributed by atoms with Crippen LogP contribution in [0.15, 0.2) is 30.6 Å². The minimum Gasteiger partial charge on any atom is -0.378 e. The maximum absolute atomic E-state index is 10.1. The van der Waals surface area contributed by atoms with Crippen molar-refractivity contribution in [3.05, 3.63) is 36.3 Å². The highest BCUT2D eigenvalue weighted by Crippen LogP contribution is 2.29. The van der Waals surface area contributed by atoms with Crippen LogP contribution >= 0.6 is 0 Å². The minimum absolute atomic E-state index is 0.336. The van der Waals surface area contributed by atoms with Crippen LogP contribution in [-0.2, 0) is 4.74 Å². The highest BCUT2D eigenvalue weighted by Gasteiger charge is 2.26. The zero-order valence-corrected chi connectivity index (χ0v) is 17.9. The van der Waals surface area contributed by atoms with Gasteiger partial charge >= 0.3 is 0 Å². The smallest absolute Gasteiger partial charge is 0.253 e. The number of piperidine rings is 1. The molecule has 0 aliphatic carbocycles. The average Bonchev–Trinajstić information content (AvgIpc) is 3.34. The zero-order valence-electron chi connectivity index (χ0n) is 17.9. The number of likely N-dealkylation sites (tertiary alicyclic amines) is 1. The first kappa shape index (κ1) is 20.3. The van der Waals surface area contributed by atoms with Crippen molar-refractivity contribution in [3.63, 3.8) is 0 Å². The molecule has 1 N–H and O–H groups in total. The number of anilines is 1. The van der Waals surface area contributed by atoms with Crippen molar-refractivity contribution in [2.24, 2.45) is 0 Å². The molecule has 3 aromatic heterocycles. The second-order valence-corrected chi connectivity index (χ2v) is 8.20. The third kappa shape index (κ3) is 4.13. The number of fused-ring (bicyclic) bond motifs is 1. The van der Waals surface area contributed by atoms with Gasteiger partial charge in [0.2, 0.25) is 0 Å². The first-order valence-corrected chi connectivity index (χ1v) is 11.2. The zero-order chi connectivity index (χ0) is 21.2. The van der Waals surface area contributed by atoms with Crippen molar-refractivity contribution < 1.29 is 9.84 Å². The highest BCUT2D eigenvalue weighted by atomic mass is 16.5. The van der Waals surface area contributed by atoms with Crippen LogP contribution < -0.4 is 4.90 Å². The van der Waals surface area contributed by atoms with Crippen LogP contribution in [0.2, 0.25) is 0 Å². The van der Waals surface area contributed by atoms with E-state index in [1.165, 1.54) is 0 Å². The number of pyridine rings is 1. The molecule has 2 fully saturated rings. The molecule has 164 valence electrons. The summed E-state index contributed by atoms with van der Waals surface area (Å²) in [7, 11) is 0. The van der Waals surface area contributed by atoms with Gasteiger partial charge in [-0.05, 0) is 37.5 Å². The summed E-state index contributed by atoms with van der Waals surface area (Å²) in [5.41, 5.74) is 2.68. The number of hydrogen-bond acceptors (Lipinski definition) is 8. The van der Waals surface area contributed by atoms with Crippen molar-refractivity contribution in [2.75, 3.05) is 44.3 Å². The fraction of sp³-hybridized carbons (Fsp3) is 0.545. The van der Waals surface area contributed by atoms with E-state index in [2.05, 4.69) is 20.9 Å². The minimum atomic E-state index is -0.336. The Morgan fingerprint density at radius 2 is 1.94 bits per heavy atom. The molecule has 2 aliphatic heterocycles. The molecule has 9 heteroatoms. The van der Waals surface area contributed by atoms with Gasteiger partial charge in [0.05, 0.1) is 24.4 Å². The van der Waals surface area contributed by atoms with E-state index in [4.69, 9.17) is 19.8 Å². The molecule has 0 bridgehead atoms. The highest BCUT2D eigenvalue weighted by molar-refractivity contribution is 5.86. The summed E-state index contributed by atoms with van der Waals surface area (Å²) in [6.07, 6.45) is 6.15. The van der Waals surface area contributed by atoms with Gasteiger partial charge in [-0.15, -0.1) is 0 Å². The summed E-state index contributed by atoms with van der Waals surface area (Å²) in [5, 5.41) is 14.9. The van der Waals surface area contributed by atoms with Crippen molar-refractivity contribution >= 4 is 16.9 Å². The quantitative estimate of drug-likeness (QED) is 0.666. The van der Waals surface area contributed by atoms with Gasteiger partial charge in [-0.3, -0.25) is 9.88 Å². The molecule has 1 atom stereocenters. The SMILES string of the molecule is CCC(O)N1CCC(c2ccn(-c3nc(N4CCOCC4)c4ncccc4n3)n2)CC1. The molecule has 0 aromatic carbocycles. The number of morpholine rings is 1. The Kier molecular flexibility index (Phi) is 5.80. The largest absolute Gasteiger partial charge is 0.378 e. The van der Waals surface area contributed by atoms with Crippen LogP contribution in [-0.4, -0.2) is 80.4 Å². The van der Waals surface area contributed by atoms with E-state index in [0.29, 0.717) is 25.1 Å². The number of nitrogens with zero attached hydrogens (tertiary/aromatic N) is 7. The lowest BCUT2D eigenvalue weighted by atomic mass is 9.93. The van der Waals surface area contributed by atoms with Gasteiger partial charge in [0.15, 0.2) is 5.82 Å². The number of aliphatic hydroxyl groups is 1. The van der Waals surface area contributed by atoms with Gasteiger partial charge < -0.3 is 14.7 Å². The van der Waals surface area contributed by atoms with Crippen molar-refractivity contribution in [2.45, 2.75) is 38.3 Å². The lowest BCUT2D eigenvalue weighted by molar-refractivity contribution is -0.0133. The summed E-state index contributed by atoms with van der Waals surface area (Å²) in [4.78, 5) is 18.5. The topological polar surface area (TPSA) is 92.4 Å². The van der Waals surface area contributed by atoms with E-state index in [1.54, 1.807) is 10.9 Å². The molecule has 0 radical (unpaired) electrons. The summed E-state index contributed by atoms with van der Waals surface area (Å²) in [6.45, 7) is 6.75. The molecule has 5 rings (SSSR count). The monoisotopic (exact) mass is 423 g/mol. The number of aromatic nitrogens is 5. The fourth-order valence-corrected chi connectivity index (χ4v) is 4.46. The predicted molar refractivity (Wildman–Crippen MR) is 117 cm³/mol. The molecule has 0 spiro atoms. The summed E-state index contributed by atoms with van der Waals surface area (Å²) in [5.74, 6) is 1.79. The average molecular weight is 424 g/mol. The molecular formula is C22H29N7O2. The van der Waals surface area contributed by atoms with Crippen molar-refractivity contribution in [1.82, 2.24) is 29.6 Å². The second-order valence-electron chi connectivity index (χ2n) is 8.20.